The number of nitrogens with one attached hydrogen (secondary N) is 1. The summed E-state index contributed by atoms with van der Waals surface area (Å²) in [6.07, 6.45) is 3.49. The smallest absolute Gasteiger partial charge is 0.0660 e. The zero-order valence-corrected chi connectivity index (χ0v) is 9.14. The summed E-state index contributed by atoms with van der Waals surface area (Å²) in [7, 11) is 0. The average Bonchev–Trinajstić information content (AvgIpc) is 2.58. The predicted molar refractivity (Wildman–Crippen MR) is 57.3 cm³/mol. The highest BCUT2D eigenvalue weighted by atomic mass is 15.3. The number of aryl methyl sites for hydroxylation is 2. The quantitative estimate of drug-likeness (QED) is 0.788. The minimum Gasteiger partial charge on any atom is -0.311 e. The van der Waals surface area contributed by atoms with E-state index in [1.165, 1.54) is 23.4 Å². The molecule has 0 atom stereocenters. The molecule has 0 spiro atoms. The first-order valence-electron chi connectivity index (χ1n) is 5.65. The van der Waals surface area contributed by atoms with Crippen molar-refractivity contribution >= 4 is 0 Å². The summed E-state index contributed by atoms with van der Waals surface area (Å²) in [6.45, 7) is 7.49. The maximum absolute atomic E-state index is 4.68. The molecule has 3 nitrogen and oxygen atoms in total. The second kappa shape index (κ2) is 4.13. The molecule has 14 heavy (non-hydrogen) atoms. The molecular weight excluding hydrogens is 174 g/mol. The monoisotopic (exact) mass is 193 g/mol. The van der Waals surface area contributed by atoms with Crippen molar-refractivity contribution in [1.82, 2.24) is 15.1 Å². The van der Waals surface area contributed by atoms with Crippen LogP contribution in [0.3, 0.4) is 0 Å². The number of nitrogens with zero attached hydrogens (tertiary/aromatic N) is 2. The minimum atomic E-state index is 0.994. The molecule has 2 rings (SSSR count). The van der Waals surface area contributed by atoms with E-state index in [0.717, 1.165) is 32.5 Å². The van der Waals surface area contributed by atoms with E-state index in [4.69, 9.17) is 0 Å². The molecule has 1 aromatic heterocycles. The fourth-order valence-corrected chi connectivity index (χ4v) is 2.19. The average molecular weight is 193 g/mol. The molecule has 3 heteroatoms. The van der Waals surface area contributed by atoms with Gasteiger partial charge >= 0.3 is 0 Å². The van der Waals surface area contributed by atoms with Crippen LogP contribution < -0.4 is 5.32 Å². The van der Waals surface area contributed by atoms with Crippen molar-refractivity contribution in [3.8, 4) is 0 Å². The molecule has 0 amide bonds. The van der Waals surface area contributed by atoms with Crippen molar-refractivity contribution in [2.45, 2.75) is 46.2 Å². The second-order valence-corrected chi connectivity index (χ2v) is 3.86. The van der Waals surface area contributed by atoms with Crippen LogP contribution in [-0.4, -0.2) is 16.3 Å². The lowest BCUT2D eigenvalue weighted by Gasteiger charge is -2.14. The van der Waals surface area contributed by atoms with Gasteiger partial charge in [0.15, 0.2) is 0 Å². The molecule has 1 N–H and O–H groups in total. The summed E-state index contributed by atoms with van der Waals surface area (Å²) < 4.78 is 2.16. The van der Waals surface area contributed by atoms with Gasteiger partial charge in [-0.1, -0.05) is 13.3 Å². The number of aromatic nitrogens is 2. The Balaban J connectivity index is 2.36. The largest absolute Gasteiger partial charge is 0.311 e. The van der Waals surface area contributed by atoms with Gasteiger partial charge in [0, 0.05) is 13.1 Å². The van der Waals surface area contributed by atoms with E-state index in [1.54, 1.807) is 0 Å². The number of rotatable bonds is 3. The van der Waals surface area contributed by atoms with Gasteiger partial charge in [0.25, 0.3) is 0 Å². The Hall–Kier alpha value is -0.830. The third kappa shape index (κ3) is 1.57. The van der Waals surface area contributed by atoms with Gasteiger partial charge in [-0.2, -0.15) is 5.10 Å². The molecular formula is C11H19N3. The molecule has 0 aliphatic carbocycles. The Morgan fingerprint density at radius 3 is 3.00 bits per heavy atom. The SMILES string of the molecule is CCCc1nn(CC)c2c1CCNC2. The first-order valence-corrected chi connectivity index (χ1v) is 5.65. The molecule has 78 valence electrons. The topological polar surface area (TPSA) is 29.9 Å². The standard InChI is InChI=1S/C11H19N3/c1-3-5-10-9-6-7-12-8-11(9)14(4-2)13-10/h12H,3-8H2,1-2H3. The summed E-state index contributed by atoms with van der Waals surface area (Å²) >= 11 is 0. The molecule has 0 radical (unpaired) electrons. The Kier molecular flexibility index (Phi) is 2.87. The van der Waals surface area contributed by atoms with Crippen molar-refractivity contribution in [2.24, 2.45) is 0 Å². The van der Waals surface area contributed by atoms with E-state index in [2.05, 4.69) is 28.9 Å². The minimum absolute atomic E-state index is 0.994. The highest BCUT2D eigenvalue weighted by Crippen LogP contribution is 2.19. The van der Waals surface area contributed by atoms with Crippen LogP contribution in [0.5, 0.6) is 0 Å². The number of fused-ring (bicyclic) bond motifs is 1. The van der Waals surface area contributed by atoms with Gasteiger partial charge in [-0.15, -0.1) is 0 Å². The summed E-state index contributed by atoms with van der Waals surface area (Å²) in [5, 5.41) is 8.09. The van der Waals surface area contributed by atoms with E-state index in [1.807, 2.05) is 0 Å². The Labute approximate surface area is 85.5 Å². The van der Waals surface area contributed by atoms with E-state index in [9.17, 15) is 0 Å². The lowest BCUT2D eigenvalue weighted by molar-refractivity contribution is 0.559. The Morgan fingerprint density at radius 2 is 2.29 bits per heavy atom. The Morgan fingerprint density at radius 1 is 1.43 bits per heavy atom. The van der Waals surface area contributed by atoms with Crippen LogP contribution in [-0.2, 0) is 25.9 Å². The summed E-state index contributed by atoms with van der Waals surface area (Å²) in [5.41, 5.74) is 4.28. The third-order valence-electron chi connectivity index (χ3n) is 2.88. The molecule has 0 unspecified atom stereocenters. The molecule has 0 aromatic carbocycles. The lowest BCUT2D eigenvalue weighted by atomic mass is 10.0. The van der Waals surface area contributed by atoms with Crippen molar-refractivity contribution in [2.75, 3.05) is 6.54 Å². The third-order valence-corrected chi connectivity index (χ3v) is 2.88. The Bertz CT molecular complexity index is 315. The highest BCUT2D eigenvalue weighted by Gasteiger charge is 2.18. The van der Waals surface area contributed by atoms with Gasteiger partial charge in [0.1, 0.15) is 0 Å². The van der Waals surface area contributed by atoms with Crippen molar-refractivity contribution < 1.29 is 0 Å². The first kappa shape index (κ1) is 9.71. The molecule has 0 fully saturated rings. The second-order valence-electron chi connectivity index (χ2n) is 3.86. The molecule has 0 saturated carbocycles. The van der Waals surface area contributed by atoms with Crippen LogP contribution in [0.1, 0.15) is 37.2 Å². The van der Waals surface area contributed by atoms with Gasteiger partial charge in [0.05, 0.1) is 11.4 Å². The summed E-state index contributed by atoms with van der Waals surface area (Å²) in [4.78, 5) is 0. The van der Waals surface area contributed by atoms with Gasteiger partial charge in [-0.25, -0.2) is 0 Å². The molecule has 0 bridgehead atoms. The van der Waals surface area contributed by atoms with E-state index in [-0.39, 0.29) is 0 Å². The molecule has 1 aliphatic heterocycles. The van der Waals surface area contributed by atoms with Crippen molar-refractivity contribution in [3.63, 3.8) is 0 Å². The van der Waals surface area contributed by atoms with Crippen LogP contribution in [0.4, 0.5) is 0 Å². The summed E-state index contributed by atoms with van der Waals surface area (Å²) in [6, 6.07) is 0. The maximum Gasteiger partial charge on any atom is 0.0660 e. The van der Waals surface area contributed by atoms with Crippen LogP contribution in [0.2, 0.25) is 0 Å². The normalized spacial score (nSPS) is 15.6. The van der Waals surface area contributed by atoms with Gasteiger partial charge < -0.3 is 5.32 Å². The highest BCUT2D eigenvalue weighted by molar-refractivity contribution is 5.29. The number of hydrogen-bond donors (Lipinski definition) is 1. The fourth-order valence-electron chi connectivity index (χ4n) is 2.19. The van der Waals surface area contributed by atoms with Crippen molar-refractivity contribution in [3.05, 3.63) is 17.0 Å². The lowest BCUT2D eigenvalue weighted by Crippen LogP contribution is -2.25. The maximum atomic E-state index is 4.68. The van der Waals surface area contributed by atoms with E-state index in [0.29, 0.717) is 0 Å². The molecule has 0 saturated heterocycles. The van der Waals surface area contributed by atoms with Gasteiger partial charge in [-0.05, 0) is 31.9 Å². The van der Waals surface area contributed by atoms with Crippen molar-refractivity contribution in [1.29, 1.82) is 0 Å². The molecule has 2 heterocycles. The number of hydrogen-bond acceptors (Lipinski definition) is 2. The molecule has 1 aromatic rings. The van der Waals surface area contributed by atoms with E-state index >= 15 is 0 Å². The van der Waals surface area contributed by atoms with E-state index < -0.39 is 0 Å². The van der Waals surface area contributed by atoms with Gasteiger partial charge in [0.2, 0.25) is 0 Å². The fraction of sp³-hybridized carbons (Fsp3) is 0.727. The predicted octanol–water partition coefficient (Wildman–Crippen LogP) is 1.50. The zero-order chi connectivity index (χ0) is 9.97. The zero-order valence-electron chi connectivity index (χ0n) is 9.14. The van der Waals surface area contributed by atoms with Gasteiger partial charge in [-0.3, -0.25) is 4.68 Å². The van der Waals surface area contributed by atoms with Crippen LogP contribution in [0.25, 0.3) is 0 Å². The summed E-state index contributed by atoms with van der Waals surface area (Å²) in [5.74, 6) is 0. The van der Waals surface area contributed by atoms with Crippen LogP contribution in [0, 0.1) is 0 Å². The van der Waals surface area contributed by atoms with Crippen LogP contribution >= 0.6 is 0 Å². The first-order chi connectivity index (χ1) is 6.86. The van der Waals surface area contributed by atoms with Crippen LogP contribution in [0.15, 0.2) is 0 Å². The molecule has 1 aliphatic rings.